The van der Waals surface area contributed by atoms with Crippen molar-refractivity contribution >= 4 is 17.5 Å². The summed E-state index contributed by atoms with van der Waals surface area (Å²) >= 11 is 0. The second kappa shape index (κ2) is 9.16. The fourth-order valence-corrected chi connectivity index (χ4v) is 7.57. The lowest BCUT2D eigenvalue weighted by atomic mass is 9.68. The van der Waals surface area contributed by atoms with Crippen molar-refractivity contribution in [3.8, 4) is 11.5 Å². The van der Waals surface area contributed by atoms with Crippen molar-refractivity contribution < 1.29 is 19.1 Å². The highest BCUT2D eigenvalue weighted by Crippen LogP contribution is 2.46. The van der Waals surface area contributed by atoms with Gasteiger partial charge >= 0.3 is 0 Å². The maximum absolute atomic E-state index is 13.9. The maximum Gasteiger partial charge on any atom is 0.228 e. The molecule has 4 heterocycles. The molecule has 0 aromatic heterocycles. The molecule has 5 atom stereocenters. The van der Waals surface area contributed by atoms with Gasteiger partial charge in [-0.05, 0) is 62.6 Å². The van der Waals surface area contributed by atoms with Crippen LogP contribution in [0.2, 0.25) is 0 Å². The Hall–Kier alpha value is -2.54. The maximum atomic E-state index is 13.9. The first kappa shape index (κ1) is 22.9. The van der Waals surface area contributed by atoms with Crippen LogP contribution in [0.25, 0.3) is 0 Å². The summed E-state index contributed by atoms with van der Waals surface area (Å²) in [7, 11) is 3.20. The van der Waals surface area contributed by atoms with E-state index in [9.17, 15) is 9.59 Å². The monoisotopic (exact) mass is 479 g/mol. The van der Waals surface area contributed by atoms with Gasteiger partial charge in [0.15, 0.2) is 0 Å². The Morgan fingerprint density at radius 1 is 1.06 bits per heavy atom. The van der Waals surface area contributed by atoms with Crippen LogP contribution in [0.15, 0.2) is 29.8 Å². The van der Waals surface area contributed by atoms with Crippen LogP contribution in [0.5, 0.6) is 11.5 Å². The Morgan fingerprint density at radius 3 is 2.77 bits per heavy atom. The molecule has 1 aliphatic carbocycles. The second-order valence-corrected chi connectivity index (χ2v) is 11.0. The van der Waals surface area contributed by atoms with E-state index >= 15 is 0 Å². The van der Waals surface area contributed by atoms with E-state index < -0.39 is 0 Å². The number of carbonyl (C=O) groups excluding carboxylic acids is 2. The Balaban J connectivity index is 1.22. The number of hydrogen-bond donors (Lipinski definition) is 0. The summed E-state index contributed by atoms with van der Waals surface area (Å²) < 4.78 is 10.8. The molecule has 35 heavy (non-hydrogen) atoms. The van der Waals surface area contributed by atoms with E-state index in [4.69, 9.17) is 9.47 Å². The third kappa shape index (κ3) is 3.92. The molecule has 5 aliphatic rings. The zero-order valence-electron chi connectivity index (χ0n) is 20.9. The number of nitrogens with zero attached hydrogens (tertiary/aromatic N) is 3. The molecule has 4 fully saturated rings. The molecule has 6 rings (SSSR count). The minimum absolute atomic E-state index is 0.0166. The molecule has 0 N–H and O–H groups in total. The van der Waals surface area contributed by atoms with E-state index in [1.54, 1.807) is 25.2 Å². The van der Waals surface area contributed by atoms with E-state index in [1.165, 1.54) is 37.8 Å². The van der Waals surface area contributed by atoms with Crippen molar-refractivity contribution in [2.24, 2.45) is 17.8 Å². The third-order valence-electron chi connectivity index (χ3n) is 9.09. The molecule has 7 heteroatoms. The minimum atomic E-state index is -0.308. The standard InChI is InChI=1S/C28H37N3O4/c1-34-22-8-9-24(25(15-22)35-2)31-17-21(14-26(31)32)28(33)30-11-5-6-18-12-19-13-20(27(18)30)16-29-10-4-3-7-23(19)29/h8-9,12,15,19-21,23,27H,3-7,10-11,13-14,16-17H2,1-2H3/t19-,20+,21+,23+,27-/m0/s1. The first-order valence-corrected chi connectivity index (χ1v) is 13.3. The summed E-state index contributed by atoms with van der Waals surface area (Å²) in [6.07, 6.45) is 10.1. The van der Waals surface area contributed by atoms with Gasteiger partial charge < -0.3 is 19.3 Å². The molecule has 1 aromatic rings. The molecule has 0 unspecified atom stereocenters. The van der Waals surface area contributed by atoms with Crippen LogP contribution in [-0.2, 0) is 9.59 Å². The fourth-order valence-electron chi connectivity index (χ4n) is 7.57. The number of rotatable bonds is 4. The number of carbonyl (C=O) groups is 2. The van der Waals surface area contributed by atoms with E-state index in [2.05, 4.69) is 15.9 Å². The zero-order valence-corrected chi connectivity index (χ0v) is 20.9. The molecule has 0 spiro atoms. The van der Waals surface area contributed by atoms with Crippen molar-refractivity contribution in [1.29, 1.82) is 0 Å². The molecule has 2 amide bonds. The van der Waals surface area contributed by atoms with Crippen molar-refractivity contribution in [3.63, 3.8) is 0 Å². The number of ether oxygens (including phenoxy) is 2. The van der Waals surface area contributed by atoms with Gasteiger partial charge in [0.25, 0.3) is 0 Å². The minimum Gasteiger partial charge on any atom is -0.497 e. The smallest absolute Gasteiger partial charge is 0.228 e. The van der Waals surface area contributed by atoms with E-state index in [1.807, 2.05) is 12.1 Å². The van der Waals surface area contributed by atoms with Crippen LogP contribution in [0.4, 0.5) is 5.69 Å². The first-order valence-electron chi connectivity index (χ1n) is 13.3. The fraction of sp³-hybridized carbons (Fsp3) is 0.643. The average molecular weight is 480 g/mol. The van der Waals surface area contributed by atoms with Crippen LogP contribution in [0, 0.1) is 17.8 Å². The molecular formula is C28H37N3O4. The quantitative estimate of drug-likeness (QED) is 0.619. The summed E-state index contributed by atoms with van der Waals surface area (Å²) in [5.74, 6) is 2.27. The van der Waals surface area contributed by atoms with Gasteiger partial charge in [0, 0.05) is 38.2 Å². The van der Waals surface area contributed by atoms with Crippen LogP contribution in [-0.4, -0.2) is 74.1 Å². The van der Waals surface area contributed by atoms with Crippen LogP contribution >= 0.6 is 0 Å². The molecule has 0 saturated carbocycles. The van der Waals surface area contributed by atoms with Gasteiger partial charge in [-0.15, -0.1) is 0 Å². The highest BCUT2D eigenvalue weighted by molar-refractivity contribution is 6.01. The lowest BCUT2D eigenvalue weighted by Gasteiger charge is -2.55. The number of likely N-dealkylation sites (tertiary alicyclic amines) is 1. The van der Waals surface area contributed by atoms with E-state index in [0.717, 1.165) is 25.9 Å². The summed E-state index contributed by atoms with van der Waals surface area (Å²) in [5, 5.41) is 0. The van der Waals surface area contributed by atoms with Gasteiger partial charge in [-0.2, -0.15) is 0 Å². The number of amides is 2. The highest BCUT2D eigenvalue weighted by atomic mass is 16.5. The number of piperidine rings is 3. The van der Waals surface area contributed by atoms with Gasteiger partial charge in [0.05, 0.1) is 31.9 Å². The second-order valence-electron chi connectivity index (χ2n) is 11.0. The molecule has 0 radical (unpaired) electrons. The number of methoxy groups -OCH3 is 2. The van der Waals surface area contributed by atoms with Crippen molar-refractivity contribution in [2.45, 2.75) is 57.0 Å². The largest absolute Gasteiger partial charge is 0.497 e. The SMILES string of the molecule is COc1ccc(N2C[C@H](C(=O)N3CCCC4=C[C@H]5C[C@H](CN6CCCC[C@H]56)[C@H]43)CC2=O)c(OC)c1. The first-order chi connectivity index (χ1) is 17.1. The molecule has 188 valence electrons. The van der Waals surface area contributed by atoms with E-state index in [0.29, 0.717) is 41.6 Å². The Kier molecular flexibility index (Phi) is 5.99. The summed E-state index contributed by atoms with van der Waals surface area (Å²) in [6.45, 7) is 3.54. The molecule has 4 aliphatic heterocycles. The number of fused-ring (bicyclic) bond motifs is 6. The van der Waals surface area contributed by atoms with Crippen molar-refractivity contribution in [1.82, 2.24) is 9.80 Å². The summed E-state index contributed by atoms with van der Waals surface area (Å²) in [4.78, 5) is 33.6. The normalized spacial score (nSPS) is 32.6. The number of anilines is 1. The molecule has 2 bridgehead atoms. The van der Waals surface area contributed by atoms with Gasteiger partial charge in [-0.25, -0.2) is 0 Å². The van der Waals surface area contributed by atoms with Crippen LogP contribution in [0.3, 0.4) is 0 Å². The highest BCUT2D eigenvalue weighted by Gasteiger charge is 2.48. The Labute approximate surface area is 208 Å². The van der Waals surface area contributed by atoms with E-state index in [-0.39, 0.29) is 30.2 Å². The number of hydrogen-bond acceptors (Lipinski definition) is 5. The Morgan fingerprint density at radius 2 is 1.94 bits per heavy atom. The van der Waals surface area contributed by atoms with Gasteiger partial charge in [0.2, 0.25) is 11.8 Å². The van der Waals surface area contributed by atoms with Gasteiger partial charge in [-0.1, -0.05) is 18.1 Å². The summed E-state index contributed by atoms with van der Waals surface area (Å²) in [5.41, 5.74) is 2.20. The molecule has 4 saturated heterocycles. The molecule has 7 nitrogen and oxygen atoms in total. The molecular weight excluding hydrogens is 442 g/mol. The van der Waals surface area contributed by atoms with Crippen molar-refractivity contribution in [3.05, 3.63) is 29.8 Å². The lowest BCUT2D eigenvalue weighted by molar-refractivity contribution is -0.140. The van der Waals surface area contributed by atoms with Crippen LogP contribution < -0.4 is 14.4 Å². The number of benzene rings is 1. The topological polar surface area (TPSA) is 62.3 Å². The zero-order chi connectivity index (χ0) is 24.1. The van der Waals surface area contributed by atoms with Crippen LogP contribution in [0.1, 0.15) is 44.9 Å². The summed E-state index contributed by atoms with van der Waals surface area (Å²) in [6, 6.07) is 6.39. The predicted octanol–water partition coefficient (Wildman–Crippen LogP) is 3.48. The third-order valence-corrected chi connectivity index (χ3v) is 9.09. The average Bonchev–Trinajstić information content (AvgIpc) is 3.28. The van der Waals surface area contributed by atoms with Gasteiger partial charge in [0.1, 0.15) is 11.5 Å². The van der Waals surface area contributed by atoms with Crippen molar-refractivity contribution in [2.75, 3.05) is 45.3 Å². The lowest BCUT2D eigenvalue weighted by Crippen LogP contribution is -2.60. The van der Waals surface area contributed by atoms with Gasteiger partial charge in [-0.3, -0.25) is 14.5 Å². The molecule has 1 aromatic carbocycles. The Bertz CT molecular complexity index is 1040. The predicted molar refractivity (Wildman–Crippen MR) is 134 cm³/mol.